The minimum Gasteiger partial charge on any atom is -0.393 e. The lowest BCUT2D eigenvalue weighted by molar-refractivity contribution is 0.161. The maximum absolute atomic E-state index is 9.59. The van der Waals surface area contributed by atoms with Gasteiger partial charge in [0.05, 0.1) is 6.10 Å². The predicted molar refractivity (Wildman–Crippen MR) is 63.9 cm³/mol. The molecule has 1 heterocycles. The zero-order chi connectivity index (χ0) is 11.0. The summed E-state index contributed by atoms with van der Waals surface area (Å²) in [5.74, 6) is 1.50. The molecule has 16 heavy (non-hydrogen) atoms. The summed E-state index contributed by atoms with van der Waals surface area (Å²) in [5, 5.41) is 9.59. The Balaban J connectivity index is 1.60. The first-order chi connectivity index (χ1) is 7.81. The number of hydrogen-bond acceptors (Lipinski definition) is 2. The molecule has 2 unspecified atom stereocenters. The van der Waals surface area contributed by atoms with Crippen molar-refractivity contribution in [3.8, 4) is 0 Å². The van der Waals surface area contributed by atoms with Crippen LogP contribution in [0.15, 0.2) is 30.3 Å². The van der Waals surface area contributed by atoms with E-state index in [1.54, 1.807) is 0 Å². The van der Waals surface area contributed by atoms with Crippen molar-refractivity contribution in [3.63, 3.8) is 0 Å². The lowest BCUT2D eigenvalue weighted by Crippen LogP contribution is -2.22. The van der Waals surface area contributed by atoms with Gasteiger partial charge in [-0.1, -0.05) is 30.3 Å². The van der Waals surface area contributed by atoms with Crippen LogP contribution in [0.2, 0.25) is 0 Å². The first-order valence-corrected chi connectivity index (χ1v) is 6.25. The molecule has 2 heteroatoms. The van der Waals surface area contributed by atoms with Crippen molar-refractivity contribution >= 4 is 0 Å². The van der Waals surface area contributed by atoms with Gasteiger partial charge in [0.2, 0.25) is 0 Å². The van der Waals surface area contributed by atoms with Crippen LogP contribution in [0.25, 0.3) is 0 Å². The third kappa shape index (κ3) is 2.00. The molecule has 86 valence electrons. The highest BCUT2D eigenvalue weighted by Crippen LogP contribution is 2.38. The molecular formula is C14H19NO. The summed E-state index contributed by atoms with van der Waals surface area (Å²) in [7, 11) is 0. The van der Waals surface area contributed by atoms with Crippen LogP contribution in [-0.4, -0.2) is 29.2 Å². The summed E-state index contributed by atoms with van der Waals surface area (Å²) >= 11 is 0. The van der Waals surface area contributed by atoms with Gasteiger partial charge < -0.3 is 5.11 Å². The van der Waals surface area contributed by atoms with Crippen molar-refractivity contribution in [2.24, 2.45) is 11.8 Å². The fourth-order valence-corrected chi connectivity index (χ4v) is 3.34. The molecule has 1 aromatic carbocycles. The Morgan fingerprint density at radius 1 is 1.06 bits per heavy atom. The maximum atomic E-state index is 9.59. The second-order valence-corrected chi connectivity index (χ2v) is 5.33. The van der Waals surface area contributed by atoms with Gasteiger partial charge in [0, 0.05) is 19.6 Å². The molecule has 0 spiro atoms. The summed E-state index contributed by atoms with van der Waals surface area (Å²) in [4.78, 5) is 2.54. The van der Waals surface area contributed by atoms with Crippen molar-refractivity contribution in [2.45, 2.75) is 25.5 Å². The normalized spacial score (nSPS) is 34.2. The molecule has 0 radical (unpaired) electrons. The van der Waals surface area contributed by atoms with Crippen LogP contribution in [0.5, 0.6) is 0 Å². The van der Waals surface area contributed by atoms with Gasteiger partial charge in [-0.25, -0.2) is 0 Å². The van der Waals surface area contributed by atoms with Gasteiger partial charge in [0.25, 0.3) is 0 Å². The van der Waals surface area contributed by atoms with E-state index in [0.29, 0.717) is 0 Å². The molecule has 0 bridgehead atoms. The van der Waals surface area contributed by atoms with Crippen molar-refractivity contribution in [1.82, 2.24) is 4.90 Å². The highest BCUT2D eigenvalue weighted by molar-refractivity contribution is 5.14. The Bertz CT molecular complexity index is 337. The van der Waals surface area contributed by atoms with E-state index in [2.05, 4.69) is 35.2 Å². The molecule has 1 aliphatic carbocycles. The monoisotopic (exact) mass is 217 g/mol. The number of aliphatic hydroxyl groups is 1. The minimum atomic E-state index is -0.0196. The summed E-state index contributed by atoms with van der Waals surface area (Å²) in [6.07, 6.45) is 2.03. The average Bonchev–Trinajstić information content (AvgIpc) is 2.76. The van der Waals surface area contributed by atoms with Gasteiger partial charge in [-0.3, -0.25) is 4.90 Å². The van der Waals surface area contributed by atoms with E-state index in [9.17, 15) is 5.11 Å². The minimum absolute atomic E-state index is 0.0196. The summed E-state index contributed by atoms with van der Waals surface area (Å²) in [6.45, 7) is 3.43. The predicted octanol–water partition coefficient (Wildman–Crippen LogP) is 1.89. The smallest absolute Gasteiger partial charge is 0.0546 e. The number of aliphatic hydroxyl groups excluding tert-OH is 1. The Morgan fingerprint density at radius 2 is 1.69 bits per heavy atom. The van der Waals surface area contributed by atoms with Gasteiger partial charge in [-0.2, -0.15) is 0 Å². The molecular weight excluding hydrogens is 198 g/mol. The lowest BCUT2D eigenvalue weighted by atomic mass is 10.0. The van der Waals surface area contributed by atoms with Crippen LogP contribution in [0.4, 0.5) is 0 Å². The SMILES string of the molecule is OC1CC2CN(Cc3ccccc3)CC2C1. The first kappa shape index (κ1) is 10.3. The highest BCUT2D eigenvalue weighted by atomic mass is 16.3. The fourth-order valence-electron chi connectivity index (χ4n) is 3.34. The summed E-state index contributed by atoms with van der Waals surface area (Å²) in [5.41, 5.74) is 1.41. The molecule has 2 fully saturated rings. The van der Waals surface area contributed by atoms with E-state index in [1.165, 1.54) is 18.7 Å². The number of nitrogens with zero attached hydrogens (tertiary/aromatic N) is 1. The quantitative estimate of drug-likeness (QED) is 0.817. The second-order valence-electron chi connectivity index (χ2n) is 5.33. The van der Waals surface area contributed by atoms with Crippen LogP contribution in [0, 0.1) is 11.8 Å². The lowest BCUT2D eigenvalue weighted by Gasteiger charge is -2.17. The first-order valence-electron chi connectivity index (χ1n) is 6.25. The van der Waals surface area contributed by atoms with E-state index in [4.69, 9.17) is 0 Å². The summed E-state index contributed by atoms with van der Waals surface area (Å²) < 4.78 is 0. The number of likely N-dealkylation sites (tertiary alicyclic amines) is 1. The van der Waals surface area contributed by atoms with E-state index >= 15 is 0 Å². The molecule has 0 aromatic heterocycles. The van der Waals surface area contributed by atoms with E-state index < -0.39 is 0 Å². The van der Waals surface area contributed by atoms with Gasteiger partial charge in [0.15, 0.2) is 0 Å². The highest BCUT2D eigenvalue weighted by Gasteiger charge is 2.39. The van der Waals surface area contributed by atoms with Gasteiger partial charge in [0.1, 0.15) is 0 Å². The Kier molecular flexibility index (Phi) is 2.70. The third-order valence-electron chi connectivity index (χ3n) is 4.05. The largest absolute Gasteiger partial charge is 0.393 e. The Hall–Kier alpha value is -0.860. The number of benzene rings is 1. The number of fused-ring (bicyclic) bond motifs is 1. The van der Waals surface area contributed by atoms with Crippen LogP contribution >= 0.6 is 0 Å². The molecule has 2 nitrogen and oxygen atoms in total. The average molecular weight is 217 g/mol. The van der Waals surface area contributed by atoms with Gasteiger partial charge in [-0.15, -0.1) is 0 Å². The molecule has 2 atom stereocenters. The molecule has 1 aromatic rings. The zero-order valence-corrected chi connectivity index (χ0v) is 9.55. The fraction of sp³-hybridized carbons (Fsp3) is 0.571. The molecule has 1 aliphatic heterocycles. The topological polar surface area (TPSA) is 23.5 Å². The maximum Gasteiger partial charge on any atom is 0.0546 e. The molecule has 0 amide bonds. The number of rotatable bonds is 2. The Labute approximate surface area is 96.9 Å². The molecule has 3 rings (SSSR count). The second kappa shape index (κ2) is 4.19. The zero-order valence-electron chi connectivity index (χ0n) is 9.55. The number of hydrogen-bond donors (Lipinski definition) is 1. The van der Waals surface area contributed by atoms with E-state index in [0.717, 1.165) is 31.2 Å². The van der Waals surface area contributed by atoms with Crippen molar-refractivity contribution < 1.29 is 5.11 Å². The van der Waals surface area contributed by atoms with Gasteiger partial charge in [-0.05, 0) is 30.2 Å². The molecule has 1 N–H and O–H groups in total. The standard InChI is InChI=1S/C14H19NO/c16-14-6-12-9-15(10-13(12)7-14)8-11-4-2-1-3-5-11/h1-5,12-14,16H,6-10H2. The third-order valence-corrected chi connectivity index (χ3v) is 4.05. The van der Waals surface area contributed by atoms with Gasteiger partial charge >= 0.3 is 0 Å². The van der Waals surface area contributed by atoms with Crippen molar-refractivity contribution in [3.05, 3.63) is 35.9 Å². The van der Waals surface area contributed by atoms with E-state index in [-0.39, 0.29) is 6.10 Å². The van der Waals surface area contributed by atoms with Crippen molar-refractivity contribution in [2.75, 3.05) is 13.1 Å². The van der Waals surface area contributed by atoms with Crippen LogP contribution < -0.4 is 0 Å². The molecule has 1 saturated carbocycles. The molecule has 2 aliphatic rings. The van der Waals surface area contributed by atoms with Crippen LogP contribution in [0.1, 0.15) is 18.4 Å². The Morgan fingerprint density at radius 3 is 2.31 bits per heavy atom. The summed E-state index contributed by atoms with van der Waals surface area (Å²) in [6, 6.07) is 10.7. The van der Waals surface area contributed by atoms with Crippen molar-refractivity contribution in [1.29, 1.82) is 0 Å². The van der Waals surface area contributed by atoms with E-state index in [1.807, 2.05) is 0 Å². The van der Waals surface area contributed by atoms with Crippen LogP contribution in [-0.2, 0) is 6.54 Å². The molecule has 1 saturated heterocycles. The van der Waals surface area contributed by atoms with Crippen LogP contribution in [0.3, 0.4) is 0 Å².